The summed E-state index contributed by atoms with van der Waals surface area (Å²) in [6, 6.07) is 6.20. The van der Waals surface area contributed by atoms with Gasteiger partial charge in [0.1, 0.15) is 0 Å². The molecule has 1 heterocycles. The van der Waals surface area contributed by atoms with Crippen molar-refractivity contribution < 1.29 is 18.0 Å². The van der Waals surface area contributed by atoms with E-state index in [9.17, 15) is 18.0 Å². The molecule has 1 amide bonds. The maximum atomic E-state index is 12.1. The lowest BCUT2D eigenvalue weighted by Gasteiger charge is -2.10. The lowest BCUT2D eigenvalue weighted by Crippen LogP contribution is -2.29. The summed E-state index contributed by atoms with van der Waals surface area (Å²) in [5, 5.41) is 3.01. The van der Waals surface area contributed by atoms with Crippen molar-refractivity contribution in [3.05, 3.63) is 36.7 Å². The summed E-state index contributed by atoms with van der Waals surface area (Å²) in [7, 11) is 0. The number of fused-ring (bicyclic) bond motifs is 1. The normalized spacial score (nSPS) is 11.5. The van der Waals surface area contributed by atoms with Crippen LogP contribution in [0, 0.1) is 0 Å². The molecule has 1 N–H and O–H groups in total. The molecule has 0 spiro atoms. The van der Waals surface area contributed by atoms with Gasteiger partial charge in [0, 0.05) is 28.9 Å². The number of nitrogens with one attached hydrogen (secondary N) is 1. The van der Waals surface area contributed by atoms with Gasteiger partial charge in [-0.25, -0.2) is 0 Å². The van der Waals surface area contributed by atoms with E-state index in [2.05, 4.69) is 4.98 Å². The molecule has 1 aromatic carbocycles. The highest BCUT2D eigenvalue weighted by molar-refractivity contribution is 6.03. The van der Waals surface area contributed by atoms with E-state index in [1.54, 1.807) is 18.2 Å². The predicted molar refractivity (Wildman–Crippen MR) is 56.4 cm³/mol. The Morgan fingerprint density at radius 1 is 1.24 bits per heavy atom. The fourth-order valence-corrected chi connectivity index (χ4v) is 1.42. The van der Waals surface area contributed by atoms with Gasteiger partial charge < -0.3 is 5.32 Å². The minimum atomic E-state index is -4.89. The lowest BCUT2D eigenvalue weighted by atomic mass is 10.1. The highest BCUT2D eigenvalue weighted by Crippen LogP contribution is 2.24. The van der Waals surface area contributed by atoms with Gasteiger partial charge in [-0.1, -0.05) is 12.1 Å². The molecule has 0 fully saturated rings. The molecule has 0 atom stereocenters. The highest BCUT2D eigenvalue weighted by Gasteiger charge is 2.38. The smallest absolute Gasteiger partial charge is 0.318 e. The van der Waals surface area contributed by atoms with Crippen molar-refractivity contribution in [2.45, 2.75) is 6.18 Å². The molecule has 17 heavy (non-hydrogen) atoms. The van der Waals surface area contributed by atoms with Gasteiger partial charge in [0.25, 0.3) is 0 Å². The topological polar surface area (TPSA) is 42.0 Å². The number of aromatic nitrogens is 1. The molecule has 88 valence electrons. The molecule has 6 heteroatoms. The first-order chi connectivity index (χ1) is 7.98. The Labute approximate surface area is 94.3 Å². The molecule has 0 aliphatic heterocycles. The molecule has 2 aromatic rings. The van der Waals surface area contributed by atoms with Gasteiger partial charge in [0.2, 0.25) is 0 Å². The molecule has 0 aliphatic carbocycles. The van der Waals surface area contributed by atoms with Gasteiger partial charge in [0.15, 0.2) is 0 Å². The van der Waals surface area contributed by atoms with Crippen molar-refractivity contribution in [1.82, 2.24) is 4.98 Å². The van der Waals surface area contributed by atoms with Crippen LogP contribution in [0.1, 0.15) is 0 Å². The number of halogens is 3. The zero-order valence-corrected chi connectivity index (χ0v) is 8.45. The van der Waals surface area contributed by atoms with E-state index >= 15 is 0 Å². The third kappa shape index (κ3) is 2.35. The van der Waals surface area contributed by atoms with Gasteiger partial charge in [0.05, 0.1) is 0 Å². The van der Waals surface area contributed by atoms with Gasteiger partial charge in [-0.3, -0.25) is 9.78 Å². The zero-order valence-electron chi connectivity index (χ0n) is 8.45. The highest BCUT2D eigenvalue weighted by atomic mass is 19.4. The second kappa shape index (κ2) is 4.04. The molecule has 1 aromatic heterocycles. The molecule has 3 nitrogen and oxygen atoms in total. The minimum Gasteiger partial charge on any atom is -0.318 e. The Bertz CT molecular complexity index is 561. The lowest BCUT2D eigenvalue weighted by molar-refractivity contribution is -0.167. The molecule has 0 saturated carbocycles. The number of benzene rings is 1. The summed E-state index contributed by atoms with van der Waals surface area (Å²) in [6.45, 7) is 0. The number of rotatable bonds is 1. The summed E-state index contributed by atoms with van der Waals surface area (Å²) < 4.78 is 36.3. The molecular weight excluding hydrogens is 233 g/mol. The quantitative estimate of drug-likeness (QED) is 0.832. The van der Waals surface area contributed by atoms with Crippen LogP contribution >= 0.6 is 0 Å². The first kappa shape index (κ1) is 11.4. The Balaban J connectivity index is 2.40. The zero-order chi connectivity index (χ0) is 12.5. The first-order valence-electron chi connectivity index (χ1n) is 4.69. The number of nitrogens with zero attached hydrogens (tertiary/aromatic N) is 1. The van der Waals surface area contributed by atoms with Crippen molar-refractivity contribution >= 4 is 22.4 Å². The SMILES string of the molecule is O=C(Nc1cccc2cnccc12)C(F)(F)F. The standard InChI is InChI=1S/C11H7F3N2O/c12-11(13,14)10(17)16-9-3-1-2-7-6-15-5-4-8(7)9/h1-6H,(H,16,17). The Morgan fingerprint density at radius 2 is 2.00 bits per heavy atom. The maximum absolute atomic E-state index is 12.1. The number of pyridine rings is 1. The fourth-order valence-electron chi connectivity index (χ4n) is 1.42. The first-order valence-corrected chi connectivity index (χ1v) is 4.69. The van der Waals surface area contributed by atoms with Crippen LogP contribution in [0.15, 0.2) is 36.7 Å². The van der Waals surface area contributed by atoms with E-state index in [4.69, 9.17) is 0 Å². The summed E-state index contributed by atoms with van der Waals surface area (Å²) >= 11 is 0. The monoisotopic (exact) mass is 240 g/mol. The second-order valence-electron chi connectivity index (χ2n) is 3.35. The number of alkyl halides is 3. The van der Waals surface area contributed by atoms with Gasteiger partial charge in [-0.15, -0.1) is 0 Å². The van der Waals surface area contributed by atoms with E-state index in [0.717, 1.165) is 0 Å². The van der Waals surface area contributed by atoms with Crippen LogP contribution in [0.5, 0.6) is 0 Å². The number of amides is 1. The summed E-state index contributed by atoms with van der Waals surface area (Å²) in [6.07, 6.45) is -1.93. The van der Waals surface area contributed by atoms with E-state index in [1.807, 2.05) is 5.32 Å². The second-order valence-corrected chi connectivity index (χ2v) is 3.35. The Kier molecular flexibility index (Phi) is 2.71. The van der Waals surface area contributed by atoms with E-state index < -0.39 is 12.1 Å². The average molecular weight is 240 g/mol. The molecule has 0 radical (unpaired) electrons. The maximum Gasteiger partial charge on any atom is 0.471 e. The van der Waals surface area contributed by atoms with Crippen molar-refractivity contribution in [2.24, 2.45) is 0 Å². The van der Waals surface area contributed by atoms with Crippen molar-refractivity contribution in [2.75, 3.05) is 5.32 Å². The third-order valence-electron chi connectivity index (χ3n) is 2.19. The van der Waals surface area contributed by atoms with Crippen LogP contribution in [0.25, 0.3) is 10.8 Å². The largest absolute Gasteiger partial charge is 0.471 e. The van der Waals surface area contributed by atoms with Crippen molar-refractivity contribution in [3.63, 3.8) is 0 Å². The predicted octanol–water partition coefficient (Wildman–Crippen LogP) is 2.74. The molecule has 2 rings (SSSR count). The van der Waals surface area contributed by atoms with Gasteiger partial charge >= 0.3 is 12.1 Å². The Morgan fingerprint density at radius 3 is 2.71 bits per heavy atom. The summed E-state index contributed by atoms with van der Waals surface area (Å²) in [5.41, 5.74) is 0.118. The number of carbonyl (C=O) groups excluding carboxylic acids is 1. The van der Waals surface area contributed by atoms with Gasteiger partial charge in [-0.05, 0) is 12.1 Å². The van der Waals surface area contributed by atoms with Crippen LogP contribution in [-0.4, -0.2) is 17.1 Å². The summed E-state index contributed by atoms with van der Waals surface area (Å²) in [4.78, 5) is 14.7. The van der Waals surface area contributed by atoms with Crippen LogP contribution in [0.4, 0.5) is 18.9 Å². The molecule has 0 unspecified atom stereocenters. The third-order valence-corrected chi connectivity index (χ3v) is 2.19. The van der Waals surface area contributed by atoms with Crippen LogP contribution in [-0.2, 0) is 4.79 Å². The minimum absolute atomic E-state index is 0.118. The van der Waals surface area contributed by atoms with Crippen LogP contribution < -0.4 is 5.32 Å². The van der Waals surface area contributed by atoms with E-state index in [0.29, 0.717) is 10.8 Å². The van der Waals surface area contributed by atoms with Crippen LogP contribution in [0.3, 0.4) is 0 Å². The Hall–Kier alpha value is -2.11. The number of carbonyl (C=O) groups is 1. The molecule has 0 saturated heterocycles. The van der Waals surface area contributed by atoms with E-state index in [1.165, 1.54) is 18.5 Å². The van der Waals surface area contributed by atoms with Crippen molar-refractivity contribution in [1.29, 1.82) is 0 Å². The van der Waals surface area contributed by atoms with Crippen LogP contribution in [0.2, 0.25) is 0 Å². The molecular formula is C11H7F3N2O. The van der Waals surface area contributed by atoms with E-state index in [-0.39, 0.29) is 5.69 Å². The average Bonchev–Trinajstić information content (AvgIpc) is 2.28. The molecule has 0 bridgehead atoms. The number of hydrogen-bond acceptors (Lipinski definition) is 2. The summed E-state index contributed by atoms with van der Waals surface area (Å²) in [5.74, 6) is -1.98. The van der Waals surface area contributed by atoms with Crippen molar-refractivity contribution in [3.8, 4) is 0 Å². The fraction of sp³-hybridized carbons (Fsp3) is 0.0909. The number of anilines is 1. The molecule has 0 aliphatic rings. The number of hydrogen-bond donors (Lipinski definition) is 1. The van der Waals surface area contributed by atoms with Gasteiger partial charge in [-0.2, -0.15) is 13.2 Å².